The Labute approximate surface area is 97.3 Å². The van der Waals surface area contributed by atoms with Crippen LogP contribution in [-0.2, 0) is 0 Å². The molecule has 0 bridgehead atoms. The maximum Gasteiger partial charge on any atom is 0.251 e. The van der Waals surface area contributed by atoms with Gasteiger partial charge in [0.15, 0.2) is 0 Å². The van der Waals surface area contributed by atoms with Gasteiger partial charge in [0.05, 0.1) is 5.69 Å². The number of hydrogen-bond donors (Lipinski definition) is 1. The third-order valence-electron chi connectivity index (χ3n) is 2.84. The van der Waals surface area contributed by atoms with Crippen LogP contribution >= 0.6 is 0 Å². The zero-order valence-electron chi connectivity index (χ0n) is 9.11. The van der Waals surface area contributed by atoms with Crippen molar-refractivity contribution in [1.29, 1.82) is 0 Å². The van der Waals surface area contributed by atoms with E-state index in [1.54, 1.807) is 12.1 Å². The van der Waals surface area contributed by atoms with Crippen LogP contribution in [0.2, 0.25) is 0 Å². The van der Waals surface area contributed by atoms with E-state index in [0.717, 1.165) is 18.7 Å². The second kappa shape index (κ2) is 3.80. The van der Waals surface area contributed by atoms with Crippen LogP contribution in [0.1, 0.15) is 24.6 Å². The monoisotopic (exact) mass is 230 g/mol. The summed E-state index contributed by atoms with van der Waals surface area (Å²) in [5.74, 6) is 0.769. The lowest BCUT2D eigenvalue weighted by atomic mass is 10.1. The number of aromatic amines is 1. The molecular weight excluding hydrogens is 219 g/mol. The molecule has 1 aliphatic carbocycles. The Bertz CT molecular complexity index is 617. The molecule has 1 aromatic heterocycles. The van der Waals surface area contributed by atoms with Crippen molar-refractivity contribution in [1.82, 2.24) is 9.97 Å². The van der Waals surface area contributed by atoms with E-state index in [1.165, 1.54) is 18.2 Å². The molecule has 0 atom stereocenters. The summed E-state index contributed by atoms with van der Waals surface area (Å²) in [6, 6.07) is 7.53. The van der Waals surface area contributed by atoms with Gasteiger partial charge in [-0.25, -0.2) is 9.37 Å². The Morgan fingerprint density at radius 2 is 2.12 bits per heavy atom. The van der Waals surface area contributed by atoms with E-state index >= 15 is 0 Å². The fourth-order valence-electron chi connectivity index (χ4n) is 1.82. The smallest absolute Gasteiger partial charge is 0.251 e. The third kappa shape index (κ3) is 2.11. The molecule has 1 N–H and O–H groups in total. The summed E-state index contributed by atoms with van der Waals surface area (Å²) >= 11 is 0. The maximum atomic E-state index is 13.1. The van der Waals surface area contributed by atoms with Crippen molar-refractivity contribution in [2.45, 2.75) is 18.8 Å². The third-order valence-corrected chi connectivity index (χ3v) is 2.84. The number of aromatic nitrogens is 2. The van der Waals surface area contributed by atoms with E-state index < -0.39 is 0 Å². The van der Waals surface area contributed by atoms with Gasteiger partial charge in [-0.3, -0.25) is 4.79 Å². The topological polar surface area (TPSA) is 45.8 Å². The first-order valence-corrected chi connectivity index (χ1v) is 5.59. The van der Waals surface area contributed by atoms with Gasteiger partial charge < -0.3 is 4.98 Å². The molecule has 0 radical (unpaired) electrons. The molecule has 0 amide bonds. The molecule has 1 saturated carbocycles. The lowest BCUT2D eigenvalue weighted by Crippen LogP contribution is -2.10. The van der Waals surface area contributed by atoms with Crippen molar-refractivity contribution < 1.29 is 4.39 Å². The number of benzene rings is 1. The van der Waals surface area contributed by atoms with Gasteiger partial charge in [0.2, 0.25) is 0 Å². The summed E-state index contributed by atoms with van der Waals surface area (Å²) in [5.41, 5.74) is 0.995. The Kier molecular flexibility index (Phi) is 2.28. The van der Waals surface area contributed by atoms with Gasteiger partial charge in [0.1, 0.15) is 11.6 Å². The van der Waals surface area contributed by atoms with Crippen LogP contribution < -0.4 is 5.56 Å². The Balaban J connectivity index is 2.10. The van der Waals surface area contributed by atoms with E-state index in [1.807, 2.05) is 0 Å². The first kappa shape index (κ1) is 10.2. The lowest BCUT2D eigenvalue weighted by molar-refractivity contribution is 0.628. The van der Waals surface area contributed by atoms with Gasteiger partial charge in [-0.2, -0.15) is 0 Å². The first-order valence-electron chi connectivity index (χ1n) is 5.59. The minimum atomic E-state index is -0.322. The molecule has 1 aliphatic rings. The molecule has 86 valence electrons. The quantitative estimate of drug-likeness (QED) is 0.861. The number of hydrogen-bond acceptors (Lipinski definition) is 2. The highest BCUT2D eigenvalue weighted by atomic mass is 19.1. The van der Waals surface area contributed by atoms with Crippen LogP contribution in [0.25, 0.3) is 11.3 Å². The molecule has 0 saturated heterocycles. The summed E-state index contributed by atoms with van der Waals surface area (Å²) in [6.45, 7) is 0. The molecule has 2 aromatic rings. The largest absolute Gasteiger partial charge is 0.310 e. The normalized spacial score (nSPS) is 14.9. The van der Waals surface area contributed by atoms with Gasteiger partial charge in [0, 0.05) is 17.5 Å². The number of halogens is 1. The van der Waals surface area contributed by atoms with Crippen molar-refractivity contribution in [3.8, 4) is 11.3 Å². The van der Waals surface area contributed by atoms with Gasteiger partial charge in [-0.05, 0) is 25.0 Å². The predicted molar refractivity (Wildman–Crippen MR) is 62.2 cm³/mol. The molecule has 17 heavy (non-hydrogen) atoms. The molecule has 1 heterocycles. The molecule has 3 nitrogen and oxygen atoms in total. The first-order chi connectivity index (χ1) is 8.22. The lowest BCUT2D eigenvalue weighted by Gasteiger charge is -2.03. The second-order valence-corrected chi connectivity index (χ2v) is 4.30. The SMILES string of the molecule is O=c1cc(-c2cccc(F)c2)nc(C2CC2)[nH]1. The summed E-state index contributed by atoms with van der Waals surface area (Å²) in [4.78, 5) is 18.6. The molecule has 0 aliphatic heterocycles. The van der Waals surface area contributed by atoms with E-state index in [2.05, 4.69) is 9.97 Å². The summed E-state index contributed by atoms with van der Waals surface area (Å²) in [5, 5.41) is 0. The van der Waals surface area contributed by atoms with Crippen LogP contribution in [0.5, 0.6) is 0 Å². The molecule has 1 aromatic carbocycles. The van der Waals surface area contributed by atoms with E-state index in [9.17, 15) is 9.18 Å². The molecule has 0 spiro atoms. The van der Waals surface area contributed by atoms with Crippen LogP contribution in [-0.4, -0.2) is 9.97 Å². The van der Waals surface area contributed by atoms with Crippen molar-refractivity contribution in [2.24, 2.45) is 0 Å². The summed E-state index contributed by atoms with van der Waals surface area (Å²) in [6.07, 6.45) is 2.13. The molecule has 1 fully saturated rings. The average molecular weight is 230 g/mol. The van der Waals surface area contributed by atoms with Crippen molar-refractivity contribution in [3.63, 3.8) is 0 Å². The fourth-order valence-corrected chi connectivity index (χ4v) is 1.82. The van der Waals surface area contributed by atoms with E-state index in [4.69, 9.17) is 0 Å². The van der Waals surface area contributed by atoms with Crippen molar-refractivity contribution >= 4 is 0 Å². The second-order valence-electron chi connectivity index (χ2n) is 4.30. The maximum absolute atomic E-state index is 13.1. The van der Waals surface area contributed by atoms with Crippen molar-refractivity contribution in [3.05, 3.63) is 52.3 Å². The molecule has 3 rings (SSSR count). The van der Waals surface area contributed by atoms with Gasteiger partial charge in [-0.1, -0.05) is 12.1 Å². The van der Waals surface area contributed by atoms with E-state index in [0.29, 0.717) is 17.2 Å². The van der Waals surface area contributed by atoms with Gasteiger partial charge in [0.25, 0.3) is 5.56 Å². The van der Waals surface area contributed by atoms with Gasteiger partial charge >= 0.3 is 0 Å². The number of nitrogens with one attached hydrogen (secondary N) is 1. The Morgan fingerprint density at radius 3 is 2.82 bits per heavy atom. The Morgan fingerprint density at radius 1 is 1.29 bits per heavy atom. The highest BCUT2D eigenvalue weighted by molar-refractivity contribution is 5.58. The standard InChI is InChI=1S/C13H11FN2O/c14-10-3-1-2-9(6-10)11-7-12(17)16-13(15-11)8-4-5-8/h1-3,6-8H,4-5H2,(H,15,16,17). The zero-order chi connectivity index (χ0) is 11.8. The Hall–Kier alpha value is -1.97. The van der Waals surface area contributed by atoms with Crippen LogP contribution in [0.3, 0.4) is 0 Å². The van der Waals surface area contributed by atoms with Crippen molar-refractivity contribution in [2.75, 3.05) is 0 Å². The zero-order valence-corrected chi connectivity index (χ0v) is 9.11. The summed E-state index contributed by atoms with van der Waals surface area (Å²) < 4.78 is 13.1. The number of H-pyrrole nitrogens is 1. The highest BCUT2D eigenvalue weighted by Gasteiger charge is 2.26. The highest BCUT2D eigenvalue weighted by Crippen LogP contribution is 2.37. The van der Waals surface area contributed by atoms with Crippen LogP contribution in [0.15, 0.2) is 35.1 Å². The molecular formula is C13H11FN2O. The number of rotatable bonds is 2. The van der Waals surface area contributed by atoms with E-state index in [-0.39, 0.29) is 11.4 Å². The summed E-state index contributed by atoms with van der Waals surface area (Å²) in [7, 11) is 0. The fraction of sp³-hybridized carbons (Fsp3) is 0.231. The van der Waals surface area contributed by atoms with Crippen LogP contribution in [0.4, 0.5) is 4.39 Å². The number of nitrogens with zero attached hydrogens (tertiary/aromatic N) is 1. The van der Waals surface area contributed by atoms with Crippen LogP contribution in [0, 0.1) is 5.82 Å². The minimum Gasteiger partial charge on any atom is -0.310 e. The predicted octanol–water partition coefficient (Wildman–Crippen LogP) is 2.45. The van der Waals surface area contributed by atoms with Gasteiger partial charge in [-0.15, -0.1) is 0 Å². The average Bonchev–Trinajstić information content (AvgIpc) is 3.12. The molecule has 0 unspecified atom stereocenters. The molecule has 4 heteroatoms. The minimum absolute atomic E-state index is 0.179.